The smallest absolute Gasteiger partial charge is 0.394 e. The molecule has 0 aromatic carbocycles. The first kappa shape index (κ1) is 11.7. The monoisotopic (exact) mass is 216 g/mol. The molecule has 0 amide bonds. The first-order valence-corrected chi connectivity index (χ1v) is 5.06. The molecule has 9 heteroatoms. The molecule has 0 rings (SSSR count). The largest absolute Gasteiger partial charge is 0.469 e. The van der Waals surface area contributed by atoms with E-state index in [-0.39, 0.29) is 0 Å². The van der Waals surface area contributed by atoms with Gasteiger partial charge in [-0.05, 0) is 0 Å². The number of hydrogen-bond acceptors (Lipinski definition) is 7. The van der Waals surface area contributed by atoms with Gasteiger partial charge in [0.2, 0.25) is 5.85 Å². The highest BCUT2D eigenvalue weighted by Crippen LogP contribution is 2.25. The van der Waals surface area contributed by atoms with E-state index in [9.17, 15) is 18.3 Å². The van der Waals surface area contributed by atoms with Crippen LogP contribution < -0.4 is 0 Å². The zero-order chi connectivity index (χ0) is 9.72. The van der Waals surface area contributed by atoms with E-state index >= 15 is 0 Å². The topological polar surface area (TPSA) is 118 Å². The summed E-state index contributed by atoms with van der Waals surface area (Å²) in [7, 11) is -6.62. The zero-order valence-electron chi connectivity index (χ0n) is 5.69. The van der Waals surface area contributed by atoms with Crippen molar-refractivity contribution in [3.63, 3.8) is 0 Å². The van der Waals surface area contributed by atoms with Gasteiger partial charge in [0.05, 0.1) is 6.61 Å². The van der Waals surface area contributed by atoms with E-state index in [1.165, 1.54) is 0 Å². The SMILES string of the molecule is O=P(=O)OC(C(O)CO)P(=O)=O. The van der Waals surface area contributed by atoms with Crippen LogP contribution in [0.4, 0.5) is 0 Å². The molecule has 70 valence electrons. The van der Waals surface area contributed by atoms with Crippen LogP contribution in [-0.2, 0) is 22.8 Å². The predicted octanol–water partition coefficient (Wildman–Crippen LogP) is -0.0569. The van der Waals surface area contributed by atoms with Gasteiger partial charge in [-0.1, -0.05) is 0 Å². The normalized spacial score (nSPS) is 15.2. The van der Waals surface area contributed by atoms with E-state index in [2.05, 4.69) is 4.52 Å². The van der Waals surface area contributed by atoms with Gasteiger partial charge >= 0.3 is 15.6 Å². The van der Waals surface area contributed by atoms with Gasteiger partial charge in [0.25, 0.3) is 0 Å². The summed E-state index contributed by atoms with van der Waals surface area (Å²) in [6.07, 6.45) is -1.75. The van der Waals surface area contributed by atoms with Crippen molar-refractivity contribution in [3.05, 3.63) is 0 Å². The first-order chi connectivity index (χ1) is 5.49. The average Bonchev–Trinajstić information content (AvgIpc) is 1.98. The minimum atomic E-state index is -3.37. The van der Waals surface area contributed by atoms with Gasteiger partial charge in [0.1, 0.15) is 6.10 Å². The molecule has 2 unspecified atom stereocenters. The van der Waals surface area contributed by atoms with Gasteiger partial charge in [-0.25, -0.2) is 22.8 Å². The highest BCUT2D eigenvalue weighted by molar-refractivity contribution is 7.33. The summed E-state index contributed by atoms with van der Waals surface area (Å²) in [4.78, 5) is 0. The van der Waals surface area contributed by atoms with Gasteiger partial charge in [0, 0.05) is 0 Å². The summed E-state index contributed by atoms with van der Waals surface area (Å²) in [6.45, 7) is -0.892. The Labute approximate surface area is 68.1 Å². The Morgan fingerprint density at radius 3 is 2.00 bits per heavy atom. The Morgan fingerprint density at radius 2 is 1.75 bits per heavy atom. The standard InChI is InChI=1S/C3H6O7P2/c4-1-2(5)3(11(6)7)10-12(8)9/h2-5H,1H2. The molecule has 0 saturated heterocycles. The number of rotatable bonds is 5. The molecule has 0 aliphatic carbocycles. The van der Waals surface area contributed by atoms with Crippen LogP contribution in [0.1, 0.15) is 0 Å². The number of aliphatic hydroxyl groups is 2. The van der Waals surface area contributed by atoms with Crippen LogP contribution in [-0.4, -0.2) is 28.8 Å². The van der Waals surface area contributed by atoms with E-state index < -0.39 is 34.1 Å². The van der Waals surface area contributed by atoms with Crippen molar-refractivity contribution in [2.24, 2.45) is 0 Å². The van der Waals surface area contributed by atoms with Crippen molar-refractivity contribution in [3.8, 4) is 0 Å². The van der Waals surface area contributed by atoms with E-state index in [1.807, 2.05) is 0 Å². The lowest BCUT2D eigenvalue weighted by atomic mass is 10.4. The Bertz CT molecular complexity index is 250. The fourth-order valence-corrected chi connectivity index (χ4v) is 1.66. The second-order valence-electron chi connectivity index (χ2n) is 1.75. The fourth-order valence-electron chi connectivity index (χ4n) is 0.428. The lowest BCUT2D eigenvalue weighted by Crippen LogP contribution is -2.25. The van der Waals surface area contributed by atoms with Crippen molar-refractivity contribution < 1.29 is 33.0 Å². The third kappa shape index (κ3) is 3.90. The Morgan fingerprint density at radius 1 is 1.25 bits per heavy atom. The fraction of sp³-hybridized carbons (Fsp3) is 1.00. The van der Waals surface area contributed by atoms with Crippen LogP contribution in [0.3, 0.4) is 0 Å². The van der Waals surface area contributed by atoms with Crippen molar-refractivity contribution >= 4 is 15.6 Å². The maximum absolute atomic E-state index is 10.2. The molecule has 2 N–H and O–H groups in total. The second kappa shape index (κ2) is 5.35. The summed E-state index contributed by atoms with van der Waals surface area (Å²) in [6, 6.07) is 0. The van der Waals surface area contributed by atoms with E-state index in [1.54, 1.807) is 0 Å². The predicted molar refractivity (Wildman–Crippen MR) is 34.6 cm³/mol. The van der Waals surface area contributed by atoms with E-state index in [4.69, 9.17) is 10.2 Å². The summed E-state index contributed by atoms with van der Waals surface area (Å²) < 4.78 is 44.0. The highest BCUT2D eigenvalue weighted by atomic mass is 31.1. The number of hydrogen-bond donors (Lipinski definition) is 2. The molecule has 0 spiro atoms. The van der Waals surface area contributed by atoms with Crippen molar-refractivity contribution in [1.29, 1.82) is 0 Å². The molecule has 0 radical (unpaired) electrons. The summed E-state index contributed by atoms with van der Waals surface area (Å²) >= 11 is 0. The van der Waals surface area contributed by atoms with E-state index in [0.29, 0.717) is 0 Å². The third-order valence-corrected chi connectivity index (χ3v) is 2.35. The molecular formula is C3H6O7P2. The average molecular weight is 216 g/mol. The summed E-state index contributed by atoms with van der Waals surface area (Å²) in [5.74, 6) is -1.91. The molecule has 0 aliphatic heterocycles. The molecule has 0 fully saturated rings. The molecule has 0 aromatic rings. The molecule has 0 aliphatic rings. The molecule has 0 bridgehead atoms. The van der Waals surface area contributed by atoms with E-state index in [0.717, 1.165) is 0 Å². The Balaban J connectivity index is 4.43. The highest BCUT2D eigenvalue weighted by Gasteiger charge is 2.26. The van der Waals surface area contributed by atoms with Crippen LogP contribution in [0.15, 0.2) is 0 Å². The van der Waals surface area contributed by atoms with Crippen LogP contribution in [0.2, 0.25) is 0 Å². The zero-order valence-corrected chi connectivity index (χ0v) is 7.48. The van der Waals surface area contributed by atoms with Gasteiger partial charge in [-0.2, -0.15) is 0 Å². The molecule has 0 heterocycles. The van der Waals surface area contributed by atoms with Crippen LogP contribution in [0.5, 0.6) is 0 Å². The maximum Gasteiger partial charge on any atom is 0.469 e. The molecule has 7 nitrogen and oxygen atoms in total. The lowest BCUT2D eigenvalue weighted by Gasteiger charge is -2.08. The molecule has 12 heavy (non-hydrogen) atoms. The molecule has 0 aromatic heterocycles. The van der Waals surface area contributed by atoms with Gasteiger partial charge < -0.3 is 10.2 Å². The quantitative estimate of drug-likeness (QED) is 0.618. The van der Waals surface area contributed by atoms with Crippen LogP contribution in [0.25, 0.3) is 0 Å². The van der Waals surface area contributed by atoms with Gasteiger partial charge in [-0.15, -0.1) is 0 Å². The summed E-state index contributed by atoms with van der Waals surface area (Å²) in [5, 5.41) is 17.0. The molecular weight excluding hydrogens is 210 g/mol. The molecule has 2 atom stereocenters. The maximum atomic E-state index is 10.2. The van der Waals surface area contributed by atoms with Gasteiger partial charge in [0.15, 0.2) is 0 Å². The van der Waals surface area contributed by atoms with Gasteiger partial charge in [-0.3, -0.25) is 0 Å². The first-order valence-electron chi connectivity index (χ1n) is 2.72. The van der Waals surface area contributed by atoms with Crippen molar-refractivity contribution in [2.75, 3.05) is 6.61 Å². The Hall–Kier alpha value is -0.320. The molecule has 0 saturated carbocycles. The number of aliphatic hydroxyl groups excluding tert-OH is 2. The minimum absolute atomic E-state index is 0.892. The van der Waals surface area contributed by atoms with Crippen molar-refractivity contribution in [2.45, 2.75) is 11.9 Å². The lowest BCUT2D eigenvalue weighted by molar-refractivity contribution is 0.0353. The third-order valence-electron chi connectivity index (χ3n) is 0.918. The summed E-state index contributed by atoms with van der Waals surface area (Å²) in [5.41, 5.74) is 0. The minimum Gasteiger partial charge on any atom is -0.394 e. The van der Waals surface area contributed by atoms with Crippen LogP contribution >= 0.6 is 15.6 Å². The second-order valence-corrected chi connectivity index (χ2v) is 3.49. The Kier molecular flexibility index (Phi) is 5.20. The van der Waals surface area contributed by atoms with Crippen LogP contribution in [0, 0.1) is 0 Å². The van der Waals surface area contributed by atoms with Crippen molar-refractivity contribution in [1.82, 2.24) is 0 Å².